The van der Waals surface area contributed by atoms with Gasteiger partial charge in [0.15, 0.2) is 0 Å². The Labute approximate surface area is 70.0 Å². The highest BCUT2D eigenvalue weighted by Crippen LogP contribution is 2.21. The fraction of sp³-hybridized carbons (Fsp3) is 0.714. The molecule has 1 unspecified atom stereocenters. The van der Waals surface area contributed by atoms with Crippen molar-refractivity contribution in [2.75, 3.05) is 13.2 Å². The number of hydrogen-bond donors (Lipinski definition) is 2. The summed E-state index contributed by atoms with van der Waals surface area (Å²) in [6, 6.07) is 0. The Hall–Kier alpha value is -1.10. The number of aliphatic hydroxyl groups excluding tert-OH is 1. The molecule has 5 heteroatoms. The molecule has 0 aromatic rings. The molecule has 0 spiro atoms. The minimum atomic E-state index is -1.35. The van der Waals surface area contributed by atoms with Crippen LogP contribution in [0.2, 0.25) is 0 Å². The number of carboxylic acid groups (broad SMARTS) is 1. The van der Waals surface area contributed by atoms with Gasteiger partial charge in [-0.3, -0.25) is 9.59 Å². The predicted octanol–water partition coefficient (Wildman–Crippen LogP) is -0.367. The van der Waals surface area contributed by atoms with E-state index in [9.17, 15) is 9.59 Å². The van der Waals surface area contributed by atoms with Crippen LogP contribution in [0.1, 0.15) is 13.3 Å². The number of aliphatic hydroxyl groups is 1. The first-order valence-electron chi connectivity index (χ1n) is 3.52. The maximum Gasteiger partial charge on any atom is 0.315 e. The van der Waals surface area contributed by atoms with Crippen LogP contribution in [-0.2, 0) is 14.3 Å². The van der Waals surface area contributed by atoms with Crippen molar-refractivity contribution >= 4 is 12.4 Å². The number of carbonyl (C=O) groups excluding carboxylic acids is 1. The smallest absolute Gasteiger partial charge is 0.315 e. The van der Waals surface area contributed by atoms with E-state index in [0.29, 0.717) is 0 Å². The number of aliphatic carboxylic acids is 1. The number of hydrogen-bond acceptors (Lipinski definition) is 4. The van der Waals surface area contributed by atoms with E-state index in [1.807, 2.05) is 0 Å². The maximum atomic E-state index is 10.6. The standard InChI is InChI=1S/C7H12O5/c1-2-7(3-8,6(10)11)4-12-5-9/h5,8H,2-4H2,1H3,(H,10,11). The average Bonchev–Trinajstić information content (AvgIpc) is 2.07. The lowest BCUT2D eigenvalue weighted by molar-refractivity contribution is -0.158. The lowest BCUT2D eigenvalue weighted by Gasteiger charge is -2.23. The second-order valence-electron chi connectivity index (χ2n) is 2.50. The highest BCUT2D eigenvalue weighted by atomic mass is 16.5. The van der Waals surface area contributed by atoms with Crippen molar-refractivity contribution in [1.29, 1.82) is 0 Å². The Morgan fingerprint density at radius 3 is 2.50 bits per heavy atom. The largest absolute Gasteiger partial charge is 0.481 e. The van der Waals surface area contributed by atoms with Gasteiger partial charge in [-0.2, -0.15) is 0 Å². The van der Waals surface area contributed by atoms with Crippen molar-refractivity contribution in [1.82, 2.24) is 0 Å². The topological polar surface area (TPSA) is 83.8 Å². The van der Waals surface area contributed by atoms with E-state index in [-0.39, 0.29) is 19.5 Å². The molecule has 0 aliphatic heterocycles. The molecule has 0 fully saturated rings. The summed E-state index contributed by atoms with van der Waals surface area (Å²) < 4.78 is 4.32. The van der Waals surface area contributed by atoms with Crippen molar-refractivity contribution in [2.24, 2.45) is 5.41 Å². The molecule has 0 aliphatic rings. The minimum Gasteiger partial charge on any atom is -0.481 e. The van der Waals surface area contributed by atoms with Gasteiger partial charge in [-0.05, 0) is 6.42 Å². The van der Waals surface area contributed by atoms with Crippen LogP contribution >= 0.6 is 0 Å². The third kappa shape index (κ3) is 2.20. The molecular weight excluding hydrogens is 164 g/mol. The Kier molecular flexibility index (Phi) is 4.28. The summed E-state index contributed by atoms with van der Waals surface area (Å²) in [5.74, 6) is -1.16. The van der Waals surface area contributed by atoms with Gasteiger partial charge in [-0.1, -0.05) is 6.92 Å². The first-order chi connectivity index (χ1) is 5.63. The summed E-state index contributed by atoms with van der Waals surface area (Å²) in [4.78, 5) is 20.4. The van der Waals surface area contributed by atoms with Crippen LogP contribution in [0, 0.1) is 5.41 Å². The van der Waals surface area contributed by atoms with E-state index in [0.717, 1.165) is 0 Å². The Bertz CT molecular complexity index is 161. The maximum absolute atomic E-state index is 10.6. The van der Waals surface area contributed by atoms with Crippen LogP contribution in [0.25, 0.3) is 0 Å². The van der Waals surface area contributed by atoms with Gasteiger partial charge < -0.3 is 14.9 Å². The summed E-state index contributed by atoms with van der Waals surface area (Å²) in [5.41, 5.74) is -1.35. The quantitative estimate of drug-likeness (QED) is 0.539. The van der Waals surface area contributed by atoms with Crippen LogP contribution in [-0.4, -0.2) is 35.9 Å². The number of carbonyl (C=O) groups is 2. The van der Waals surface area contributed by atoms with Gasteiger partial charge in [0.2, 0.25) is 0 Å². The third-order valence-electron chi connectivity index (χ3n) is 1.86. The summed E-state index contributed by atoms with van der Waals surface area (Å²) in [6.07, 6.45) is 0.215. The van der Waals surface area contributed by atoms with Crippen LogP contribution in [0.15, 0.2) is 0 Å². The molecular formula is C7H12O5. The molecule has 12 heavy (non-hydrogen) atoms. The summed E-state index contributed by atoms with van der Waals surface area (Å²) >= 11 is 0. The average molecular weight is 176 g/mol. The van der Waals surface area contributed by atoms with E-state index in [1.54, 1.807) is 6.92 Å². The van der Waals surface area contributed by atoms with Crippen molar-refractivity contribution < 1.29 is 24.5 Å². The first kappa shape index (κ1) is 10.9. The SMILES string of the molecule is CCC(CO)(COC=O)C(=O)O. The zero-order valence-corrected chi connectivity index (χ0v) is 6.82. The van der Waals surface area contributed by atoms with Gasteiger partial charge in [-0.25, -0.2) is 0 Å². The molecule has 0 radical (unpaired) electrons. The van der Waals surface area contributed by atoms with Gasteiger partial charge in [-0.15, -0.1) is 0 Å². The molecule has 0 saturated carbocycles. The first-order valence-corrected chi connectivity index (χ1v) is 3.52. The molecule has 2 N–H and O–H groups in total. The van der Waals surface area contributed by atoms with Gasteiger partial charge in [0.05, 0.1) is 6.61 Å². The van der Waals surface area contributed by atoms with Crippen molar-refractivity contribution in [3.8, 4) is 0 Å². The third-order valence-corrected chi connectivity index (χ3v) is 1.86. The highest BCUT2D eigenvalue weighted by molar-refractivity contribution is 5.75. The molecule has 0 saturated heterocycles. The summed E-state index contributed by atoms with van der Waals surface area (Å²) in [5, 5.41) is 17.5. The molecule has 0 bridgehead atoms. The molecule has 0 aliphatic carbocycles. The van der Waals surface area contributed by atoms with Crippen LogP contribution in [0.4, 0.5) is 0 Å². The Balaban J connectivity index is 4.34. The van der Waals surface area contributed by atoms with Crippen molar-refractivity contribution in [3.05, 3.63) is 0 Å². The molecule has 0 heterocycles. The predicted molar refractivity (Wildman–Crippen MR) is 39.5 cm³/mol. The molecule has 0 aromatic heterocycles. The summed E-state index contributed by atoms with van der Waals surface area (Å²) in [6.45, 7) is 0.951. The molecule has 0 amide bonds. The van der Waals surface area contributed by atoms with Crippen molar-refractivity contribution in [2.45, 2.75) is 13.3 Å². The fourth-order valence-electron chi connectivity index (χ4n) is 0.734. The normalized spacial score (nSPS) is 14.8. The number of rotatable bonds is 6. The summed E-state index contributed by atoms with van der Waals surface area (Å²) in [7, 11) is 0. The van der Waals surface area contributed by atoms with E-state index in [1.165, 1.54) is 0 Å². The van der Waals surface area contributed by atoms with Gasteiger partial charge in [0.1, 0.15) is 12.0 Å². The van der Waals surface area contributed by atoms with Crippen LogP contribution < -0.4 is 0 Å². The lowest BCUT2D eigenvalue weighted by Crippen LogP contribution is -2.38. The molecule has 5 nitrogen and oxygen atoms in total. The minimum absolute atomic E-state index is 0.170. The van der Waals surface area contributed by atoms with E-state index in [4.69, 9.17) is 10.2 Å². The fourth-order valence-corrected chi connectivity index (χ4v) is 0.734. The van der Waals surface area contributed by atoms with E-state index < -0.39 is 18.0 Å². The Morgan fingerprint density at radius 2 is 2.25 bits per heavy atom. The van der Waals surface area contributed by atoms with Crippen LogP contribution in [0.5, 0.6) is 0 Å². The molecule has 0 aromatic carbocycles. The highest BCUT2D eigenvalue weighted by Gasteiger charge is 2.37. The molecule has 70 valence electrons. The van der Waals surface area contributed by atoms with Crippen LogP contribution in [0.3, 0.4) is 0 Å². The van der Waals surface area contributed by atoms with Gasteiger partial charge in [0.25, 0.3) is 6.47 Å². The second kappa shape index (κ2) is 4.71. The van der Waals surface area contributed by atoms with Crippen molar-refractivity contribution in [3.63, 3.8) is 0 Å². The van der Waals surface area contributed by atoms with Gasteiger partial charge in [0, 0.05) is 0 Å². The number of carboxylic acids is 1. The van der Waals surface area contributed by atoms with E-state index >= 15 is 0 Å². The molecule has 0 rings (SSSR count). The van der Waals surface area contributed by atoms with Gasteiger partial charge >= 0.3 is 5.97 Å². The zero-order valence-electron chi connectivity index (χ0n) is 6.82. The second-order valence-corrected chi connectivity index (χ2v) is 2.50. The monoisotopic (exact) mass is 176 g/mol. The van der Waals surface area contributed by atoms with E-state index in [2.05, 4.69) is 4.74 Å². The zero-order chi connectivity index (χ0) is 9.61. The molecule has 1 atom stereocenters. The lowest BCUT2D eigenvalue weighted by atomic mass is 9.87. The Morgan fingerprint density at radius 1 is 1.67 bits per heavy atom. The number of ether oxygens (including phenoxy) is 1.